The Hall–Kier alpha value is -1.39. The molecule has 0 unspecified atom stereocenters. The maximum atomic E-state index is 10.6. The summed E-state index contributed by atoms with van der Waals surface area (Å²) in [4.78, 5) is 4.49. The Balaban J connectivity index is 2.17. The Morgan fingerprint density at radius 1 is 1.47 bits per heavy atom. The van der Waals surface area contributed by atoms with E-state index in [4.69, 9.17) is 4.74 Å². The van der Waals surface area contributed by atoms with Crippen molar-refractivity contribution in [2.45, 2.75) is 31.3 Å². The molecule has 2 aliphatic rings. The molecule has 0 spiro atoms. The molecule has 2 aliphatic carbocycles. The fraction of sp³-hybridized carbons (Fsp3) is 0.533. The molecule has 0 aromatic carbocycles. The monoisotopic (exact) mass is 261 g/mol. The number of aromatic nitrogens is 1. The number of ether oxygens (including phenoxy) is 1. The average Bonchev–Trinajstić information content (AvgIpc) is 2.41. The smallest absolute Gasteiger partial charge is 0.213 e. The van der Waals surface area contributed by atoms with Gasteiger partial charge in [0, 0.05) is 17.7 Å². The summed E-state index contributed by atoms with van der Waals surface area (Å²) < 4.78 is 5.17. The standard InChI is InChI=1S/C15H19NO3/c1-9-5-10-6-12-11(3-4-13(16-12)19-2)15(7-9,8-17)14(10)18/h3-5,10,14,17-18H,6-8H2,1-2H3/t10-,14+,15-/m0/s1. The number of methoxy groups -OCH3 is 1. The van der Waals surface area contributed by atoms with Gasteiger partial charge in [0.1, 0.15) is 0 Å². The summed E-state index contributed by atoms with van der Waals surface area (Å²) in [5, 5.41) is 20.5. The van der Waals surface area contributed by atoms with Crippen molar-refractivity contribution in [2.24, 2.45) is 5.92 Å². The molecule has 102 valence electrons. The largest absolute Gasteiger partial charge is 0.481 e. The van der Waals surface area contributed by atoms with E-state index in [0.717, 1.165) is 11.3 Å². The predicted molar refractivity (Wildman–Crippen MR) is 71.1 cm³/mol. The van der Waals surface area contributed by atoms with Gasteiger partial charge in [-0.15, -0.1) is 0 Å². The highest BCUT2D eigenvalue weighted by Crippen LogP contribution is 2.47. The van der Waals surface area contributed by atoms with Gasteiger partial charge in [0.15, 0.2) is 0 Å². The lowest BCUT2D eigenvalue weighted by atomic mass is 9.60. The number of aliphatic hydroxyl groups excluding tert-OH is 2. The van der Waals surface area contributed by atoms with Crippen molar-refractivity contribution >= 4 is 0 Å². The molecule has 3 atom stereocenters. The average molecular weight is 261 g/mol. The van der Waals surface area contributed by atoms with Crippen LogP contribution in [-0.4, -0.2) is 35.0 Å². The predicted octanol–water partition coefficient (Wildman–Crippen LogP) is 1.20. The number of allylic oxidation sites excluding steroid dienone is 1. The second-order valence-corrected chi connectivity index (χ2v) is 5.66. The quantitative estimate of drug-likeness (QED) is 0.785. The summed E-state index contributed by atoms with van der Waals surface area (Å²) in [5.74, 6) is 0.620. The lowest BCUT2D eigenvalue weighted by molar-refractivity contribution is -0.00688. The molecule has 0 saturated carbocycles. The molecular formula is C15H19NO3. The van der Waals surface area contributed by atoms with E-state index in [9.17, 15) is 10.2 Å². The van der Waals surface area contributed by atoms with Crippen LogP contribution < -0.4 is 4.74 Å². The van der Waals surface area contributed by atoms with Gasteiger partial charge < -0.3 is 14.9 Å². The van der Waals surface area contributed by atoms with Crippen LogP contribution in [-0.2, 0) is 11.8 Å². The zero-order valence-corrected chi connectivity index (χ0v) is 11.3. The SMILES string of the molecule is COc1ccc2c(n1)C[C@@H]1C=C(C)C[C@@]2(CO)[C@@H]1O. The maximum Gasteiger partial charge on any atom is 0.213 e. The summed E-state index contributed by atoms with van der Waals surface area (Å²) in [6.45, 7) is 2.00. The molecule has 1 aromatic rings. The highest BCUT2D eigenvalue weighted by Gasteiger charge is 2.50. The van der Waals surface area contributed by atoms with E-state index >= 15 is 0 Å². The molecule has 4 heteroatoms. The van der Waals surface area contributed by atoms with Crippen molar-refractivity contribution in [2.75, 3.05) is 13.7 Å². The first kappa shape index (κ1) is 12.6. The molecule has 3 rings (SSSR count). The molecule has 0 amide bonds. The topological polar surface area (TPSA) is 62.6 Å². The number of hydrogen-bond acceptors (Lipinski definition) is 4. The van der Waals surface area contributed by atoms with Crippen molar-refractivity contribution in [3.05, 3.63) is 35.0 Å². The van der Waals surface area contributed by atoms with Crippen molar-refractivity contribution < 1.29 is 14.9 Å². The second kappa shape index (κ2) is 4.32. The third kappa shape index (κ3) is 1.70. The molecule has 0 aliphatic heterocycles. The van der Waals surface area contributed by atoms with Crippen LogP contribution in [0.15, 0.2) is 23.8 Å². The Bertz CT molecular complexity index is 540. The second-order valence-electron chi connectivity index (χ2n) is 5.66. The van der Waals surface area contributed by atoms with Gasteiger partial charge in [-0.2, -0.15) is 0 Å². The van der Waals surface area contributed by atoms with E-state index in [1.807, 2.05) is 6.07 Å². The van der Waals surface area contributed by atoms with Crippen LogP contribution in [0, 0.1) is 5.92 Å². The number of pyridine rings is 1. The van der Waals surface area contributed by atoms with Gasteiger partial charge in [-0.3, -0.25) is 0 Å². The van der Waals surface area contributed by atoms with Gasteiger partial charge in [-0.05, 0) is 25.3 Å². The molecule has 0 saturated heterocycles. The van der Waals surface area contributed by atoms with E-state index < -0.39 is 11.5 Å². The summed E-state index contributed by atoms with van der Waals surface area (Å²) >= 11 is 0. The fourth-order valence-electron chi connectivity index (χ4n) is 3.61. The zero-order valence-electron chi connectivity index (χ0n) is 11.3. The molecule has 0 radical (unpaired) electrons. The van der Waals surface area contributed by atoms with E-state index in [1.165, 1.54) is 5.57 Å². The Morgan fingerprint density at radius 3 is 2.95 bits per heavy atom. The molecule has 2 bridgehead atoms. The van der Waals surface area contributed by atoms with Gasteiger partial charge in [0.2, 0.25) is 5.88 Å². The van der Waals surface area contributed by atoms with Gasteiger partial charge >= 0.3 is 0 Å². The third-order valence-electron chi connectivity index (χ3n) is 4.47. The highest BCUT2D eigenvalue weighted by atomic mass is 16.5. The molecule has 1 aromatic heterocycles. The number of aliphatic hydroxyl groups is 2. The van der Waals surface area contributed by atoms with Gasteiger partial charge in [0.25, 0.3) is 0 Å². The van der Waals surface area contributed by atoms with Gasteiger partial charge in [0.05, 0.1) is 25.2 Å². The molecule has 1 heterocycles. The van der Waals surface area contributed by atoms with Crippen LogP contribution in [0.2, 0.25) is 0 Å². The van der Waals surface area contributed by atoms with Crippen LogP contribution in [0.25, 0.3) is 0 Å². The van der Waals surface area contributed by atoms with E-state index in [0.29, 0.717) is 18.7 Å². The van der Waals surface area contributed by atoms with Crippen LogP contribution in [0.5, 0.6) is 5.88 Å². The minimum Gasteiger partial charge on any atom is -0.481 e. The zero-order chi connectivity index (χ0) is 13.6. The first-order valence-electron chi connectivity index (χ1n) is 6.61. The fourth-order valence-corrected chi connectivity index (χ4v) is 3.61. The van der Waals surface area contributed by atoms with E-state index in [1.54, 1.807) is 13.2 Å². The van der Waals surface area contributed by atoms with Crippen molar-refractivity contribution in [3.63, 3.8) is 0 Å². The van der Waals surface area contributed by atoms with Crippen LogP contribution in [0.3, 0.4) is 0 Å². The Kier molecular flexibility index (Phi) is 2.87. The minimum atomic E-state index is -0.601. The minimum absolute atomic E-state index is 0.0352. The number of rotatable bonds is 2. The van der Waals surface area contributed by atoms with Crippen LogP contribution in [0.1, 0.15) is 24.6 Å². The third-order valence-corrected chi connectivity index (χ3v) is 4.47. The van der Waals surface area contributed by atoms with Gasteiger partial charge in [-0.25, -0.2) is 4.98 Å². The number of fused-ring (bicyclic) bond motifs is 4. The van der Waals surface area contributed by atoms with Crippen molar-refractivity contribution in [3.8, 4) is 5.88 Å². The van der Waals surface area contributed by atoms with Crippen LogP contribution in [0.4, 0.5) is 0 Å². The molecular weight excluding hydrogens is 242 g/mol. The maximum absolute atomic E-state index is 10.6. The van der Waals surface area contributed by atoms with E-state index in [2.05, 4.69) is 18.0 Å². The lowest BCUT2D eigenvalue weighted by Crippen LogP contribution is -2.53. The molecule has 2 N–H and O–H groups in total. The Labute approximate surface area is 112 Å². The summed E-state index contributed by atoms with van der Waals surface area (Å²) in [7, 11) is 1.60. The van der Waals surface area contributed by atoms with Crippen molar-refractivity contribution in [1.82, 2.24) is 4.98 Å². The first-order valence-corrected chi connectivity index (χ1v) is 6.61. The number of hydrogen-bond donors (Lipinski definition) is 2. The van der Waals surface area contributed by atoms with Gasteiger partial charge in [-0.1, -0.05) is 17.7 Å². The Morgan fingerprint density at radius 2 is 2.26 bits per heavy atom. The normalized spacial score (nSPS) is 32.5. The molecule has 4 nitrogen and oxygen atoms in total. The summed E-state index contributed by atoms with van der Waals surface area (Å²) in [5.41, 5.74) is 2.53. The van der Waals surface area contributed by atoms with Crippen LogP contribution >= 0.6 is 0 Å². The summed E-state index contributed by atoms with van der Waals surface area (Å²) in [6.07, 6.45) is 2.96. The van der Waals surface area contributed by atoms with Crippen molar-refractivity contribution in [1.29, 1.82) is 0 Å². The highest BCUT2D eigenvalue weighted by molar-refractivity contribution is 5.42. The first-order chi connectivity index (χ1) is 9.10. The van der Waals surface area contributed by atoms with E-state index in [-0.39, 0.29) is 12.5 Å². The summed E-state index contributed by atoms with van der Waals surface area (Å²) in [6, 6.07) is 3.74. The lowest BCUT2D eigenvalue weighted by Gasteiger charge is -2.48. The number of nitrogens with zero attached hydrogens (tertiary/aromatic N) is 1. The molecule has 0 fully saturated rings. The molecule has 19 heavy (non-hydrogen) atoms.